The van der Waals surface area contributed by atoms with E-state index in [2.05, 4.69) is 0 Å². The minimum atomic E-state index is -4.22. The van der Waals surface area contributed by atoms with E-state index in [1.807, 2.05) is 0 Å². The lowest BCUT2D eigenvalue weighted by Crippen LogP contribution is -2.59. The van der Waals surface area contributed by atoms with E-state index in [4.69, 9.17) is 13.3 Å². The summed E-state index contributed by atoms with van der Waals surface area (Å²) in [4.78, 5) is 0. The molecule has 0 spiro atoms. The van der Waals surface area contributed by atoms with Gasteiger partial charge in [0.2, 0.25) is 5.82 Å². The van der Waals surface area contributed by atoms with E-state index in [-0.39, 0.29) is 13.2 Å². The van der Waals surface area contributed by atoms with Gasteiger partial charge in [-0.3, -0.25) is 0 Å². The molecule has 9 heteroatoms. The molecule has 0 fully saturated rings. The van der Waals surface area contributed by atoms with Crippen molar-refractivity contribution in [3.05, 3.63) is 29.1 Å². The van der Waals surface area contributed by atoms with Crippen LogP contribution in [0.5, 0.6) is 0 Å². The molecule has 0 aliphatic heterocycles. The molecule has 0 bridgehead atoms. The molecule has 0 aliphatic carbocycles. The van der Waals surface area contributed by atoms with Gasteiger partial charge < -0.3 is 13.3 Å². The Kier molecular flexibility index (Phi) is 5.63. The van der Waals surface area contributed by atoms with Gasteiger partial charge in [-0.1, -0.05) is 0 Å². The minimum Gasteiger partial charge on any atom is -0.373 e. The molecule has 3 nitrogen and oxygen atoms in total. The Labute approximate surface area is 113 Å². The van der Waals surface area contributed by atoms with Crippen molar-refractivity contribution < 1.29 is 35.2 Å². The number of hydrogen-bond acceptors (Lipinski definition) is 3. The van der Waals surface area contributed by atoms with Crippen LogP contribution in [0.25, 0.3) is 0 Å². The van der Waals surface area contributed by atoms with E-state index >= 15 is 0 Å². The van der Waals surface area contributed by atoms with Crippen LogP contribution in [0.2, 0.25) is 0 Å². The average Bonchev–Trinajstić information content (AvgIpc) is 2.43. The fourth-order valence-corrected chi connectivity index (χ4v) is 3.99. The summed E-state index contributed by atoms with van der Waals surface area (Å²) < 4.78 is 82.2. The third-order valence-corrected chi connectivity index (χ3v) is 5.38. The monoisotopic (exact) mass is 316 g/mol. The van der Waals surface area contributed by atoms with Crippen molar-refractivity contribution in [2.75, 3.05) is 20.3 Å². The Balaban J connectivity index is 3.63. The van der Waals surface area contributed by atoms with Crippen LogP contribution in [-0.2, 0) is 13.3 Å². The van der Waals surface area contributed by atoms with E-state index in [9.17, 15) is 22.0 Å². The van der Waals surface area contributed by atoms with Gasteiger partial charge in [0, 0.05) is 20.3 Å². The van der Waals surface area contributed by atoms with Crippen LogP contribution in [0.4, 0.5) is 22.0 Å². The molecule has 1 aromatic rings. The maximum absolute atomic E-state index is 13.8. The third kappa shape index (κ3) is 2.71. The van der Waals surface area contributed by atoms with Crippen molar-refractivity contribution in [3.63, 3.8) is 0 Å². The summed E-state index contributed by atoms with van der Waals surface area (Å²) in [6.07, 6.45) is 0. The molecule has 0 radical (unpaired) electrons. The highest BCUT2D eigenvalue weighted by Gasteiger charge is 2.50. The summed E-state index contributed by atoms with van der Waals surface area (Å²) >= 11 is 0. The van der Waals surface area contributed by atoms with E-state index in [1.54, 1.807) is 0 Å². The minimum absolute atomic E-state index is 0.0838. The Morgan fingerprint density at radius 3 is 1.40 bits per heavy atom. The predicted octanol–water partition coefficient (Wildman–Crippen LogP) is 2.25. The van der Waals surface area contributed by atoms with Crippen molar-refractivity contribution in [1.29, 1.82) is 0 Å². The first-order valence-corrected chi connectivity index (χ1v) is 7.43. The van der Waals surface area contributed by atoms with Gasteiger partial charge in [0.25, 0.3) is 0 Å². The highest BCUT2D eigenvalue weighted by molar-refractivity contribution is 6.75. The Morgan fingerprint density at radius 2 is 1.10 bits per heavy atom. The first-order chi connectivity index (χ1) is 9.36. The van der Waals surface area contributed by atoms with Crippen LogP contribution >= 0.6 is 0 Å². The predicted molar refractivity (Wildman–Crippen MR) is 61.9 cm³/mol. The maximum atomic E-state index is 13.8. The Morgan fingerprint density at radius 1 is 0.750 bits per heavy atom. The summed E-state index contributed by atoms with van der Waals surface area (Å²) in [5.41, 5.74) is 0. The van der Waals surface area contributed by atoms with Crippen LogP contribution in [0.15, 0.2) is 0 Å². The first-order valence-electron chi connectivity index (χ1n) is 5.71. The summed E-state index contributed by atoms with van der Waals surface area (Å²) in [7, 11) is -3.19. The summed E-state index contributed by atoms with van der Waals surface area (Å²) in [5, 5.41) is -1.18. The van der Waals surface area contributed by atoms with Crippen LogP contribution in [-0.4, -0.2) is 29.1 Å². The van der Waals surface area contributed by atoms with Gasteiger partial charge in [-0.05, 0) is 13.8 Å². The van der Waals surface area contributed by atoms with Gasteiger partial charge in [-0.2, -0.15) is 0 Å². The van der Waals surface area contributed by atoms with Crippen molar-refractivity contribution in [3.8, 4) is 0 Å². The largest absolute Gasteiger partial charge is 0.543 e. The maximum Gasteiger partial charge on any atom is 0.543 e. The second kappa shape index (κ2) is 6.61. The Bertz CT molecular complexity index is 462. The molecular formula is C11H13F5O3Si. The first kappa shape index (κ1) is 17.0. The van der Waals surface area contributed by atoms with E-state index in [0.29, 0.717) is 0 Å². The molecule has 1 aromatic carbocycles. The smallest absolute Gasteiger partial charge is 0.373 e. The Hall–Kier alpha value is -1.03. The van der Waals surface area contributed by atoms with Gasteiger partial charge in [0.05, 0.1) is 0 Å². The van der Waals surface area contributed by atoms with Crippen molar-refractivity contribution in [1.82, 2.24) is 0 Å². The molecule has 0 aromatic heterocycles. The zero-order chi connectivity index (χ0) is 15.5. The fraction of sp³-hybridized carbons (Fsp3) is 0.455. The zero-order valence-corrected chi connectivity index (χ0v) is 12.0. The topological polar surface area (TPSA) is 27.7 Å². The van der Waals surface area contributed by atoms with Crippen molar-refractivity contribution in [2.24, 2.45) is 0 Å². The number of benzene rings is 1. The number of rotatable bonds is 6. The van der Waals surface area contributed by atoms with Crippen molar-refractivity contribution >= 4 is 14.0 Å². The second-order valence-electron chi connectivity index (χ2n) is 3.57. The van der Waals surface area contributed by atoms with Crippen LogP contribution in [0, 0.1) is 29.1 Å². The summed E-state index contributed by atoms with van der Waals surface area (Å²) in [5.74, 6) is -10.4. The van der Waals surface area contributed by atoms with Crippen molar-refractivity contribution in [2.45, 2.75) is 13.8 Å². The number of hydrogen-bond donors (Lipinski definition) is 0. The normalized spacial score (nSPS) is 12.0. The van der Waals surface area contributed by atoms with Crippen LogP contribution in [0.1, 0.15) is 13.8 Å². The SMILES string of the molecule is CCO[Si](OC)(OCC)c1c(F)c(F)c(F)c(F)c1F. The molecule has 0 unspecified atom stereocenters. The van der Waals surface area contributed by atoms with Gasteiger partial charge >= 0.3 is 8.80 Å². The zero-order valence-electron chi connectivity index (χ0n) is 11.0. The third-order valence-electron chi connectivity index (χ3n) is 2.45. The highest BCUT2D eigenvalue weighted by atomic mass is 28.4. The lowest BCUT2D eigenvalue weighted by Gasteiger charge is -2.28. The number of halogens is 5. The van der Waals surface area contributed by atoms with Crippen LogP contribution in [0.3, 0.4) is 0 Å². The summed E-state index contributed by atoms with van der Waals surface area (Å²) in [6, 6.07) is 0. The molecule has 0 heterocycles. The molecule has 0 saturated carbocycles. The quantitative estimate of drug-likeness (QED) is 0.349. The van der Waals surface area contributed by atoms with Gasteiger partial charge in [0.1, 0.15) is 5.19 Å². The van der Waals surface area contributed by atoms with E-state index < -0.39 is 43.1 Å². The van der Waals surface area contributed by atoms with E-state index in [1.165, 1.54) is 13.8 Å². The molecule has 20 heavy (non-hydrogen) atoms. The molecule has 114 valence electrons. The fourth-order valence-electron chi connectivity index (χ4n) is 1.66. The summed E-state index contributed by atoms with van der Waals surface area (Å²) in [6.45, 7) is 2.79. The van der Waals surface area contributed by atoms with Gasteiger partial charge in [-0.25, -0.2) is 22.0 Å². The molecule has 0 atom stereocenters. The van der Waals surface area contributed by atoms with Crippen LogP contribution < -0.4 is 5.19 Å². The highest BCUT2D eigenvalue weighted by Crippen LogP contribution is 2.21. The van der Waals surface area contributed by atoms with E-state index in [0.717, 1.165) is 7.11 Å². The molecule has 0 amide bonds. The molecule has 0 aliphatic rings. The average molecular weight is 316 g/mol. The lowest BCUT2D eigenvalue weighted by atomic mass is 10.3. The molecular weight excluding hydrogens is 303 g/mol. The second-order valence-corrected chi connectivity index (χ2v) is 6.17. The molecule has 1 rings (SSSR count). The van der Waals surface area contributed by atoms with Gasteiger partial charge in [-0.15, -0.1) is 0 Å². The molecule has 0 N–H and O–H groups in total. The van der Waals surface area contributed by atoms with Gasteiger partial charge in [0.15, 0.2) is 23.3 Å². The lowest BCUT2D eigenvalue weighted by molar-refractivity contribution is 0.0995. The standard InChI is InChI=1S/C11H13F5O3Si/c1-4-18-20(17-3,19-5-2)11-9(15)7(13)6(12)8(14)10(11)16/h4-5H2,1-3H3. The molecule has 0 saturated heterocycles.